The van der Waals surface area contributed by atoms with E-state index in [1.807, 2.05) is 7.05 Å². The van der Waals surface area contributed by atoms with Gasteiger partial charge >= 0.3 is 0 Å². The van der Waals surface area contributed by atoms with Crippen LogP contribution in [0.25, 0.3) is 0 Å². The molecule has 0 radical (unpaired) electrons. The van der Waals surface area contributed by atoms with Gasteiger partial charge in [-0.3, -0.25) is 4.90 Å². The second-order valence-electron chi connectivity index (χ2n) is 4.21. The van der Waals surface area contributed by atoms with Gasteiger partial charge in [0.1, 0.15) is 0 Å². The minimum Gasteiger partial charge on any atom is -0.316 e. The zero-order chi connectivity index (χ0) is 10.4. The third kappa shape index (κ3) is 4.22. The van der Waals surface area contributed by atoms with Crippen molar-refractivity contribution in [1.82, 2.24) is 15.1 Å². The van der Waals surface area contributed by atoms with Crippen molar-refractivity contribution in [2.45, 2.75) is 6.42 Å². The molecule has 14 heavy (non-hydrogen) atoms. The van der Waals surface area contributed by atoms with Crippen LogP contribution in [0.3, 0.4) is 0 Å². The largest absolute Gasteiger partial charge is 0.316 e. The summed E-state index contributed by atoms with van der Waals surface area (Å²) in [6.45, 7) is 10.9. The summed E-state index contributed by atoms with van der Waals surface area (Å²) in [5.74, 6) is 0. The molecule has 3 heteroatoms. The number of hydrogen-bond donors (Lipinski definition) is 1. The van der Waals surface area contributed by atoms with Crippen molar-refractivity contribution < 1.29 is 0 Å². The molecule has 1 fully saturated rings. The van der Waals surface area contributed by atoms with Crippen LogP contribution in [-0.4, -0.2) is 63.2 Å². The lowest BCUT2D eigenvalue weighted by Gasteiger charge is -2.21. The predicted octanol–water partition coefficient (Wildman–Crippen LogP) is 0.400. The third-order valence-corrected chi connectivity index (χ3v) is 2.69. The average molecular weight is 197 g/mol. The molecule has 0 aromatic heterocycles. The highest BCUT2D eigenvalue weighted by atomic mass is 15.2. The molecule has 82 valence electrons. The van der Waals surface area contributed by atoms with E-state index in [1.165, 1.54) is 38.2 Å². The maximum absolute atomic E-state index is 4.07. The second-order valence-corrected chi connectivity index (χ2v) is 4.21. The maximum Gasteiger partial charge on any atom is 0.0203 e. The zero-order valence-corrected chi connectivity index (χ0v) is 9.55. The molecule has 0 amide bonds. The van der Waals surface area contributed by atoms with Gasteiger partial charge in [0.05, 0.1) is 0 Å². The van der Waals surface area contributed by atoms with Gasteiger partial charge in [-0.2, -0.15) is 0 Å². The van der Waals surface area contributed by atoms with E-state index in [-0.39, 0.29) is 0 Å². The number of nitrogens with zero attached hydrogens (tertiary/aromatic N) is 2. The lowest BCUT2D eigenvalue weighted by Crippen LogP contribution is -2.32. The van der Waals surface area contributed by atoms with Crippen LogP contribution in [0.5, 0.6) is 0 Å². The molecule has 0 spiro atoms. The Morgan fingerprint density at radius 1 is 1.29 bits per heavy atom. The van der Waals surface area contributed by atoms with E-state index in [1.54, 1.807) is 0 Å². The van der Waals surface area contributed by atoms with Gasteiger partial charge in [0, 0.05) is 26.2 Å². The molecule has 1 rings (SSSR count). The topological polar surface area (TPSA) is 18.5 Å². The van der Waals surface area contributed by atoms with Gasteiger partial charge in [0.2, 0.25) is 0 Å². The highest BCUT2D eigenvalue weighted by molar-refractivity contribution is 4.99. The molecular weight excluding hydrogens is 174 g/mol. The van der Waals surface area contributed by atoms with Gasteiger partial charge in [-0.25, -0.2) is 0 Å². The standard InChI is InChI=1S/C11H23N3/c1-11(9-12-2)10-14-6-4-5-13(3)7-8-14/h12H,1,4-10H2,2-3H3. The number of nitrogens with one attached hydrogen (secondary N) is 1. The van der Waals surface area contributed by atoms with E-state index in [0.29, 0.717) is 0 Å². The van der Waals surface area contributed by atoms with E-state index in [9.17, 15) is 0 Å². The molecular formula is C11H23N3. The molecule has 0 saturated carbocycles. The molecule has 1 saturated heterocycles. The van der Waals surface area contributed by atoms with E-state index in [4.69, 9.17) is 0 Å². The van der Waals surface area contributed by atoms with Crippen molar-refractivity contribution >= 4 is 0 Å². The molecule has 0 bridgehead atoms. The van der Waals surface area contributed by atoms with Gasteiger partial charge < -0.3 is 10.2 Å². The summed E-state index contributed by atoms with van der Waals surface area (Å²) in [5.41, 5.74) is 1.29. The van der Waals surface area contributed by atoms with E-state index < -0.39 is 0 Å². The third-order valence-electron chi connectivity index (χ3n) is 2.69. The number of likely N-dealkylation sites (N-methyl/N-ethyl adjacent to an activating group) is 2. The van der Waals surface area contributed by atoms with Crippen molar-refractivity contribution in [2.24, 2.45) is 0 Å². The summed E-state index contributed by atoms with van der Waals surface area (Å²) >= 11 is 0. The fourth-order valence-corrected chi connectivity index (χ4v) is 1.88. The first kappa shape index (κ1) is 11.7. The summed E-state index contributed by atoms with van der Waals surface area (Å²) in [5, 5.41) is 3.14. The molecule has 0 aliphatic carbocycles. The number of rotatable bonds is 4. The van der Waals surface area contributed by atoms with Crippen molar-refractivity contribution in [2.75, 3.05) is 53.4 Å². The van der Waals surface area contributed by atoms with Crippen LogP contribution in [0.1, 0.15) is 6.42 Å². The first-order chi connectivity index (χ1) is 6.72. The Morgan fingerprint density at radius 2 is 2.07 bits per heavy atom. The second kappa shape index (κ2) is 6.17. The SMILES string of the molecule is C=C(CNC)CN1CCCN(C)CC1. The number of hydrogen-bond acceptors (Lipinski definition) is 3. The molecule has 0 aromatic carbocycles. The van der Waals surface area contributed by atoms with Crippen LogP contribution in [0.2, 0.25) is 0 Å². The van der Waals surface area contributed by atoms with Crippen molar-refractivity contribution in [3.05, 3.63) is 12.2 Å². The summed E-state index contributed by atoms with van der Waals surface area (Å²) in [6.07, 6.45) is 1.28. The van der Waals surface area contributed by atoms with Gasteiger partial charge in [-0.05, 0) is 39.2 Å². The van der Waals surface area contributed by atoms with Crippen LogP contribution < -0.4 is 5.32 Å². The highest BCUT2D eigenvalue weighted by Gasteiger charge is 2.11. The normalized spacial score (nSPS) is 20.7. The molecule has 1 heterocycles. The lowest BCUT2D eigenvalue weighted by molar-refractivity contribution is 0.294. The van der Waals surface area contributed by atoms with E-state index >= 15 is 0 Å². The Balaban J connectivity index is 2.26. The summed E-state index contributed by atoms with van der Waals surface area (Å²) in [6, 6.07) is 0. The Labute approximate surface area is 87.8 Å². The predicted molar refractivity (Wildman–Crippen MR) is 61.6 cm³/mol. The summed E-state index contributed by atoms with van der Waals surface area (Å²) < 4.78 is 0. The maximum atomic E-state index is 4.07. The Morgan fingerprint density at radius 3 is 2.79 bits per heavy atom. The first-order valence-corrected chi connectivity index (χ1v) is 5.44. The monoisotopic (exact) mass is 197 g/mol. The van der Waals surface area contributed by atoms with E-state index in [0.717, 1.165) is 13.1 Å². The van der Waals surface area contributed by atoms with Gasteiger partial charge in [0.15, 0.2) is 0 Å². The molecule has 0 aromatic rings. The van der Waals surface area contributed by atoms with Gasteiger partial charge in [0.25, 0.3) is 0 Å². The van der Waals surface area contributed by atoms with Gasteiger partial charge in [-0.15, -0.1) is 0 Å². The van der Waals surface area contributed by atoms with Crippen LogP contribution in [0.15, 0.2) is 12.2 Å². The quantitative estimate of drug-likeness (QED) is 0.658. The Kier molecular flexibility index (Phi) is 5.15. The summed E-state index contributed by atoms with van der Waals surface area (Å²) in [4.78, 5) is 4.91. The van der Waals surface area contributed by atoms with Crippen molar-refractivity contribution in [1.29, 1.82) is 0 Å². The summed E-state index contributed by atoms with van der Waals surface area (Å²) in [7, 11) is 4.17. The van der Waals surface area contributed by atoms with Crippen LogP contribution in [0.4, 0.5) is 0 Å². The van der Waals surface area contributed by atoms with Crippen molar-refractivity contribution in [3.63, 3.8) is 0 Å². The lowest BCUT2D eigenvalue weighted by atomic mass is 10.2. The fraction of sp³-hybridized carbons (Fsp3) is 0.818. The molecule has 0 unspecified atom stereocenters. The van der Waals surface area contributed by atoms with Crippen LogP contribution in [0, 0.1) is 0 Å². The average Bonchev–Trinajstić information content (AvgIpc) is 2.32. The smallest absolute Gasteiger partial charge is 0.0203 e. The molecule has 1 aliphatic heterocycles. The van der Waals surface area contributed by atoms with E-state index in [2.05, 4.69) is 28.7 Å². The molecule has 1 aliphatic rings. The molecule has 1 N–H and O–H groups in total. The molecule has 3 nitrogen and oxygen atoms in total. The van der Waals surface area contributed by atoms with Crippen LogP contribution in [-0.2, 0) is 0 Å². The Hall–Kier alpha value is -0.380. The minimum absolute atomic E-state index is 0.937. The first-order valence-electron chi connectivity index (χ1n) is 5.44. The Bertz CT molecular complexity index is 179. The van der Waals surface area contributed by atoms with Crippen molar-refractivity contribution in [3.8, 4) is 0 Å². The fourth-order valence-electron chi connectivity index (χ4n) is 1.88. The minimum atomic E-state index is 0.937. The van der Waals surface area contributed by atoms with Crippen LogP contribution >= 0.6 is 0 Å². The zero-order valence-electron chi connectivity index (χ0n) is 9.55. The van der Waals surface area contributed by atoms with Gasteiger partial charge in [-0.1, -0.05) is 6.58 Å². The molecule has 0 atom stereocenters. The highest BCUT2D eigenvalue weighted by Crippen LogP contribution is 2.03.